The molecule has 1 N–H and O–H groups in total. The van der Waals surface area contributed by atoms with E-state index in [1.54, 1.807) is 18.2 Å². The van der Waals surface area contributed by atoms with Gasteiger partial charge in [0.1, 0.15) is 5.75 Å². The second-order valence-electron chi connectivity index (χ2n) is 9.29. The van der Waals surface area contributed by atoms with Gasteiger partial charge in [-0.25, -0.2) is 0 Å². The van der Waals surface area contributed by atoms with Crippen molar-refractivity contribution in [1.29, 1.82) is 0 Å². The van der Waals surface area contributed by atoms with E-state index in [-0.39, 0.29) is 11.8 Å². The van der Waals surface area contributed by atoms with Gasteiger partial charge in [0.2, 0.25) is 5.91 Å². The molecule has 6 heteroatoms. The average molecular weight is 484 g/mol. The number of carbonyl (C=O) groups is 2. The molecule has 1 aliphatic heterocycles. The zero-order valence-electron chi connectivity index (χ0n) is 20.9. The molecular weight excluding hydrogens is 450 g/mol. The maximum Gasteiger partial charge on any atom is 0.255 e. The predicted octanol–water partition coefficient (Wildman–Crippen LogP) is 5.34. The van der Waals surface area contributed by atoms with Crippen molar-refractivity contribution >= 4 is 29.3 Å². The maximum absolute atomic E-state index is 12.7. The number of nitrogens with one attached hydrogen (secondary N) is 1. The molecular formula is C30H33N3O3. The fraction of sp³-hybridized carbons (Fsp3) is 0.267. The molecule has 0 bridgehead atoms. The number of hydrogen-bond donors (Lipinski definition) is 1. The van der Waals surface area contributed by atoms with Crippen LogP contribution in [0.3, 0.4) is 0 Å². The van der Waals surface area contributed by atoms with Gasteiger partial charge >= 0.3 is 0 Å². The highest BCUT2D eigenvalue weighted by Gasteiger charge is 2.20. The summed E-state index contributed by atoms with van der Waals surface area (Å²) in [6.07, 6.45) is 3.51. The summed E-state index contributed by atoms with van der Waals surface area (Å²) in [6.45, 7) is 7.66. The van der Waals surface area contributed by atoms with E-state index in [0.717, 1.165) is 30.0 Å². The monoisotopic (exact) mass is 483 g/mol. The van der Waals surface area contributed by atoms with Crippen LogP contribution in [0.1, 0.15) is 29.8 Å². The van der Waals surface area contributed by atoms with Gasteiger partial charge in [0.15, 0.2) is 0 Å². The van der Waals surface area contributed by atoms with Gasteiger partial charge in [-0.15, -0.1) is 0 Å². The number of rotatable bonds is 8. The largest absolute Gasteiger partial charge is 0.493 e. The third kappa shape index (κ3) is 6.98. The summed E-state index contributed by atoms with van der Waals surface area (Å²) < 4.78 is 5.73. The fourth-order valence-corrected chi connectivity index (χ4v) is 3.97. The minimum atomic E-state index is -0.173. The second kappa shape index (κ2) is 12.1. The van der Waals surface area contributed by atoms with E-state index in [0.29, 0.717) is 36.9 Å². The number of hydrogen-bond acceptors (Lipinski definition) is 4. The van der Waals surface area contributed by atoms with Gasteiger partial charge in [-0.1, -0.05) is 50.2 Å². The van der Waals surface area contributed by atoms with Crippen LogP contribution in [0.15, 0.2) is 84.9 Å². The Balaban J connectivity index is 1.28. The lowest BCUT2D eigenvalue weighted by molar-refractivity contribution is -0.126. The molecule has 3 aromatic rings. The number of benzene rings is 3. The van der Waals surface area contributed by atoms with Crippen molar-refractivity contribution in [3.63, 3.8) is 0 Å². The van der Waals surface area contributed by atoms with Crippen LogP contribution in [0.25, 0.3) is 6.08 Å². The lowest BCUT2D eigenvalue weighted by Crippen LogP contribution is -2.48. The van der Waals surface area contributed by atoms with Crippen molar-refractivity contribution in [2.45, 2.75) is 13.8 Å². The zero-order valence-corrected chi connectivity index (χ0v) is 20.9. The molecule has 1 saturated heterocycles. The Kier molecular flexibility index (Phi) is 8.40. The first-order chi connectivity index (χ1) is 17.5. The van der Waals surface area contributed by atoms with Gasteiger partial charge in [-0.3, -0.25) is 9.59 Å². The molecule has 1 aliphatic rings. The Morgan fingerprint density at radius 2 is 1.64 bits per heavy atom. The summed E-state index contributed by atoms with van der Waals surface area (Å²) in [5.41, 5.74) is 3.38. The van der Waals surface area contributed by atoms with E-state index in [1.165, 1.54) is 0 Å². The molecule has 2 amide bonds. The van der Waals surface area contributed by atoms with Gasteiger partial charge in [0.25, 0.3) is 5.91 Å². The normalized spacial score (nSPS) is 13.8. The molecule has 0 radical (unpaired) electrons. The van der Waals surface area contributed by atoms with Crippen molar-refractivity contribution < 1.29 is 14.3 Å². The van der Waals surface area contributed by atoms with E-state index in [9.17, 15) is 9.59 Å². The molecule has 0 aromatic heterocycles. The quantitative estimate of drug-likeness (QED) is 0.440. The molecule has 186 valence electrons. The lowest BCUT2D eigenvalue weighted by Gasteiger charge is -2.35. The molecule has 0 unspecified atom stereocenters. The Bertz CT molecular complexity index is 1180. The Morgan fingerprint density at radius 3 is 2.33 bits per heavy atom. The van der Waals surface area contributed by atoms with E-state index in [2.05, 4.69) is 24.1 Å². The van der Waals surface area contributed by atoms with Crippen LogP contribution in [-0.4, -0.2) is 49.5 Å². The van der Waals surface area contributed by atoms with Crippen molar-refractivity contribution in [3.8, 4) is 5.75 Å². The molecule has 4 rings (SSSR count). The molecule has 0 aliphatic carbocycles. The summed E-state index contributed by atoms with van der Waals surface area (Å²) in [6, 6.07) is 24.9. The van der Waals surface area contributed by atoms with Crippen LogP contribution < -0.4 is 15.0 Å². The first-order valence-corrected chi connectivity index (χ1v) is 12.4. The minimum absolute atomic E-state index is 0.0373. The van der Waals surface area contributed by atoms with Crippen LogP contribution in [0.5, 0.6) is 5.75 Å². The number of amides is 2. The highest BCUT2D eigenvalue weighted by atomic mass is 16.5. The maximum atomic E-state index is 12.7. The van der Waals surface area contributed by atoms with Gasteiger partial charge in [0.05, 0.1) is 6.61 Å². The summed E-state index contributed by atoms with van der Waals surface area (Å²) in [4.78, 5) is 29.4. The molecule has 1 heterocycles. The van der Waals surface area contributed by atoms with E-state index in [1.807, 2.05) is 77.7 Å². The number of nitrogens with zero attached hydrogens (tertiary/aromatic N) is 2. The predicted molar refractivity (Wildman–Crippen MR) is 145 cm³/mol. The smallest absolute Gasteiger partial charge is 0.255 e. The standard InChI is InChI=1S/C30H33N3O3/c1-23(2)22-36-28-10-6-9-25(21-28)30(35)31-26-12-14-27(15-13-26)32-17-19-33(20-18-32)29(34)16-11-24-7-4-3-5-8-24/h3-16,21,23H,17-20,22H2,1-2H3,(H,31,35)/b16-11+. The van der Waals surface area contributed by atoms with Crippen molar-refractivity contribution in [2.24, 2.45) is 5.92 Å². The summed E-state index contributed by atoms with van der Waals surface area (Å²) in [7, 11) is 0. The second-order valence-corrected chi connectivity index (χ2v) is 9.29. The van der Waals surface area contributed by atoms with Crippen LogP contribution in [0, 0.1) is 5.92 Å². The SMILES string of the molecule is CC(C)COc1cccc(C(=O)Nc2ccc(N3CCN(C(=O)/C=C/c4ccccc4)CC3)cc2)c1. The van der Waals surface area contributed by atoms with E-state index in [4.69, 9.17) is 4.74 Å². The molecule has 6 nitrogen and oxygen atoms in total. The number of carbonyl (C=O) groups excluding carboxylic acids is 2. The average Bonchev–Trinajstić information content (AvgIpc) is 2.92. The van der Waals surface area contributed by atoms with Gasteiger partial charge in [-0.2, -0.15) is 0 Å². The van der Waals surface area contributed by atoms with Crippen molar-refractivity contribution in [1.82, 2.24) is 4.90 Å². The van der Waals surface area contributed by atoms with Gasteiger partial charge in [-0.05, 0) is 60.0 Å². The topological polar surface area (TPSA) is 61.9 Å². The van der Waals surface area contributed by atoms with Crippen molar-refractivity contribution in [2.75, 3.05) is 43.0 Å². The van der Waals surface area contributed by atoms with Crippen molar-refractivity contribution in [3.05, 3.63) is 96.1 Å². The van der Waals surface area contributed by atoms with Crippen LogP contribution in [-0.2, 0) is 4.79 Å². The summed E-state index contributed by atoms with van der Waals surface area (Å²) in [5, 5.41) is 2.96. The van der Waals surface area contributed by atoms with E-state index >= 15 is 0 Å². The third-order valence-electron chi connectivity index (χ3n) is 5.98. The number of anilines is 2. The number of piperazine rings is 1. The molecule has 0 spiro atoms. The zero-order chi connectivity index (χ0) is 25.3. The molecule has 3 aromatic carbocycles. The first-order valence-electron chi connectivity index (χ1n) is 12.4. The van der Waals surface area contributed by atoms with Crippen LogP contribution in [0.4, 0.5) is 11.4 Å². The molecule has 0 saturated carbocycles. The molecule has 1 fully saturated rings. The summed E-state index contributed by atoms with van der Waals surface area (Å²) >= 11 is 0. The molecule has 0 atom stereocenters. The Hall–Kier alpha value is -4.06. The number of ether oxygens (including phenoxy) is 1. The lowest BCUT2D eigenvalue weighted by atomic mass is 10.2. The minimum Gasteiger partial charge on any atom is -0.493 e. The third-order valence-corrected chi connectivity index (χ3v) is 5.98. The van der Waals surface area contributed by atoms with Gasteiger partial charge in [0, 0.05) is 49.2 Å². The first kappa shape index (κ1) is 25.0. The Morgan fingerprint density at radius 1 is 0.917 bits per heavy atom. The van der Waals surface area contributed by atoms with Gasteiger partial charge < -0.3 is 19.9 Å². The van der Waals surface area contributed by atoms with E-state index < -0.39 is 0 Å². The highest BCUT2D eigenvalue weighted by molar-refractivity contribution is 6.04. The summed E-state index contributed by atoms with van der Waals surface area (Å²) in [5.74, 6) is 0.976. The highest BCUT2D eigenvalue weighted by Crippen LogP contribution is 2.21. The fourth-order valence-electron chi connectivity index (χ4n) is 3.97. The van der Waals surface area contributed by atoms with Crippen LogP contribution >= 0.6 is 0 Å². The molecule has 36 heavy (non-hydrogen) atoms. The van der Waals surface area contributed by atoms with Crippen LogP contribution in [0.2, 0.25) is 0 Å². The Labute approximate surface area is 213 Å².